The number of amides is 2. The summed E-state index contributed by atoms with van der Waals surface area (Å²) in [6.07, 6.45) is 4.94. The predicted octanol–water partition coefficient (Wildman–Crippen LogP) is 2.52. The Morgan fingerprint density at radius 3 is 2.60 bits per heavy atom. The zero-order chi connectivity index (χ0) is 11.3. The SMILES string of the molecule is CC(C)CNC(=O)NC1CCCCC1C. The van der Waals surface area contributed by atoms with E-state index >= 15 is 0 Å². The molecule has 0 aromatic carbocycles. The Balaban J connectivity index is 2.24. The lowest BCUT2D eigenvalue weighted by molar-refractivity contribution is 0.220. The van der Waals surface area contributed by atoms with Gasteiger partial charge < -0.3 is 10.6 Å². The standard InChI is InChI=1S/C12H24N2O/c1-9(2)8-13-12(15)14-11-7-5-4-6-10(11)3/h9-11H,4-8H2,1-3H3,(H2,13,14,15). The fourth-order valence-corrected chi connectivity index (χ4v) is 2.05. The molecule has 0 aromatic rings. The third-order valence-corrected chi connectivity index (χ3v) is 3.10. The summed E-state index contributed by atoms with van der Waals surface area (Å²) in [4.78, 5) is 11.5. The molecule has 3 heteroatoms. The van der Waals surface area contributed by atoms with E-state index in [0.29, 0.717) is 17.9 Å². The highest BCUT2D eigenvalue weighted by molar-refractivity contribution is 5.74. The third kappa shape index (κ3) is 4.54. The molecule has 0 heterocycles. The Labute approximate surface area is 93.0 Å². The van der Waals surface area contributed by atoms with Crippen LogP contribution < -0.4 is 10.6 Å². The first-order chi connectivity index (χ1) is 7.09. The van der Waals surface area contributed by atoms with Crippen molar-refractivity contribution in [1.29, 1.82) is 0 Å². The maximum atomic E-state index is 11.5. The first kappa shape index (κ1) is 12.3. The van der Waals surface area contributed by atoms with Gasteiger partial charge in [0.25, 0.3) is 0 Å². The van der Waals surface area contributed by atoms with Gasteiger partial charge in [-0.3, -0.25) is 0 Å². The van der Waals surface area contributed by atoms with Gasteiger partial charge in [0.15, 0.2) is 0 Å². The molecule has 1 rings (SSSR count). The summed E-state index contributed by atoms with van der Waals surface area (Å²) in [5.41, 5.74) is 0. The molecule has 0 aromatic heterocycles. The van der Waals surface area contributed by atoms with Gasteiger partial charge in [0.1, 0.15) is 0 Å². The molecule has 0 radical (unpaired) electrons. The van der Waals surface area contributed by atoms with Crippen molar-refractivity contribution in [2.75, 3.05) is 6.54 Å². The largest absolute Gasteiger partial charge is 0.338 e. The van der Waals surface area contributed by atoms with Gasteiger partial charge in [0.2, 0.25) is 0 Å². The average Bonchev–Trinajstić information content (AvgIpc) is 2.18. The maximum absolute atomic E-state index is 11.5. The van der Waals surface area contributed by atoms with Crippen LogP contribution in [0.4, 0.5) is 4.79 Å². The van der Waals surface area contributed by atoms with Crippen LogP contribution in [0.25, 0.3) is 0 Å². The quantitative estimate of drug-likeness (QED) is 0.741. The van der Waals surface area contributed by atoms with Crippen LogP contribution in [-0.4, -0.2) is 18.6 Å². The number of hydrogen-bond acceptors (Lipinski definition) is 1. The van der Waals surface area contributed by atoms with Crippen LogP contribution in [0.2, 0.25) is 0 Å². The van der Waals surface area contributed by atoms with Crippen LogP contribution in [0.15, 0.2) is 0 Å². The Morgan fingerprint density at radius 2 is 2.00 bits per heavy atom. The highest BCUT2D eigenvalue weighted by atomic mass is 16.2. The second kappa shape index (κ2) is 5.99. The second-order valence-electron chi connectivity index (χ2n) is 5.12. The number of urea groups is 1. The molecule has 0 bridgehead atoms. The number of nitrogens with one attached hydrogen (secondary N) is 2. The van der Waals surface area contributed by atoms with Crippen molar-refractivity contribution in [3.05, 3.63) is 0 Å². The highest BCUT2D eigenvalue weighted by Gasteiger charge is 2.22. The minimum absolute atomic E-state index is 0.00227. The molecule has 15 heavy (non-hydrogen) atoms. The molecule has 2 N–H and O–H groups in total. The molecule has 0 spiro atoms. The molecule has 1 aliphatic rings. The lowest BCUT2D eigenvalue weighted by Gasteiger charge is -2.29. The Hall–Kier alpha value is -0.730. The summed E-state index contributed by atoms with van der Waals surface area (Å²) in [5, 5.41) is 5.97. The lowest BCUT2D eigenvalue weighted by Crippen LogP contribution is -2.46. The number of carbonyl (C=O) groups is 1. The third-order valence-electron chi connectivity index (χ3n) is 3.10. The monoisotopic (exact) mass is 212 g/mol. The molecule has 1 fully saturated rings. The molecule has 3 nitrogen and oxygen atoms in total. The van der Waals surface area contributed by atoms with E-state index in [1.807, 2.05) is 0 Å². The van der Waals surface area contributed by atoms with Crippen LogP contribution in [0.3, 0.4) is 0 Å². The van der Waals surface area contributed by atoms with Crippen molar-refractivity contribution in [3.8, 4) is 0 Å². The van der Waals surface area contributed by atoms with Crippen LogP contribution in [0, 0.1) is 11.8 Å². The first-order valence-electron chi connectivity index (χ1n) is 6.14. The fourth-order valence-electron chi connectivity index (χ4n) is 2.05. The number of carbonyl (C=O) groups excluding carboxylic acids is 1. The van der Waals surface area contributed by atoms with Gasteiger partial charge in [-0.15, -0.1) is 0 Å². The molecular weight excluding hydrogens is 188 g/mol. The molecule has 1 saturated carbocycles. The van der Waals surface area contributed by atoms with E-state index in [2.05, 4.69) is 31.4 Å². The summed E-state index contributed by atoms with van der Waals surface area (Å²) in [5.74, 6) is 1.14. The van der Waals surface area contributed by atoms with Crippen LogP contribution in [0.1, 0.15) is 46.5 Å². The van der Waals surface area contributed by atoms with Gasteiger partial charge in [-0.05, 0) is 24.7 Å². The highest BCUT2D eigenvalue weighted by Crippen LogP contribution is 2.23. The number of rotatable bonds is 3. The second-order valence-corrected chi connectivity index (χ2v) is 5.12. The average molecular weight is 212 g/mol. The molecule has 1 aliphatic carbocycles. The molecule has 88 valence electrons. The number of hydrogen-bond donors (Lipinski definition) is 2. The summed E-state index contributed by atoms with van der Waals surface area (Å²) >= 11 is 0. The summed E-state index contributed by atoms with van der Waals surface area (Å²) in [6, 6.07) is 0.383. The van der Waals surface area contributed by atoms with Crippen molar-refractivity contribution in [1.82, 2.24) is 10.6 Å². The summed E-state index contributed by atoms with van der Waals surface area (Å²) in [7, 11) is 0. The Kier molecular flexibility index (Phi) is 4.92. The Morgan fingerprint density at radius 1 is 1.33 bits per heavy atom. The summed E-state index contributed by atoms with van der Waals surface area (Å²) in [6.45, 7) is 7.19. The van der Waals surface area contributed by atoms with E-state index in [4.69, 9.17) is 0 Å². The first-order valence-corrected chi connectivity index (χ1v) is 6.14. The van der Waals surface area contributed by atoms with Crippen LogP contribution >= 0.6 is 0 Å². The van der Waals surface area contributed by atoms with E-state index < -0.39 is 0 Å². The molecule has 2 unspecified atom stereocenters. The molecule has 2 amide bonds. The lowest BCUT2D eigenvalue weighted by atomic mass is 9.86. The zero-order valence-electron chi connectivity index (χ0n) is 10.2. The molecular formula is C12H24N2O. The normalized spacial score (nSPS) is 26.4. The summed E-state index contributed by atoms with van der Waals surface area (Å²) < 4.78 is 0. The van der Waals surface area contributed by atoms with Crippen molar-refractivity contribution in [3.63, 3.8) is 0 Å². The van der Waals surface area contributed by atoms with Crippen molar-refractivity contribution in [2.24, 2.45) is 11.8 Å². The Bertz CT molecular complexity index is 204. The van der Waals surface area contributed by atoms with Crippen molar-refractivity contribution >= 4 is 6.03 Å². The van der Waals surface area contributed by atoms with E-state index in [9.17, 15) is 4.79 Å². The van der Waals surface area contributed by atoms with E-state index in [1.165, 1.54) is 19.3 Å². The van der Waals surface area contributed by atoms with Gasteiger partial charge in [-0.2, -0.15) is 0 Å². The smallest absolute Gasteiger partial charge is 0.315 e. The minimum Gasteiger partial charge on any atom is -0.338 e. The van der Waals surface area contributed by atoms with Crippen LogP contribution in [-0.2, 0) is 0 Å². The van der Waals surface area contributed by atoms with Gasteiger partial charge in [0, 0.05) is 12.6 Å². The fraction of sp³-hybridized carbons (Fsp3) is 0.917. The van der Waals surface area contributed by atoms with Gasteiger partial charge in [-0.25, -0.2) is 4.79 Å². The maximum Gasteiger partial charge on any atom is 0.315 e. The van der Waals surface area contributed by atoms with E-state index in [0.717, 1.165) is 13.0 Å². The molecule has 0 saturated heterocycles. The topological polar surface area (TPSA) is 41.1 Å². The van der Waals surface area contributed by atoms with Gasteiger partial charge in [-0.1, -0.05) is 33.6 Å². The molecule has 0 aliphatic heterocycles. The van der Waals surface area contributed by atoms with Crippen molar-refractivity contribution in [2.45, 2.75) is 52.5 Å². The predicted molar refractivity (Wildman–Crippen MR) is 62.8 cm³/mol. The van der Waals surface area contributed by atoms with Crippen molar-refractivity contribution < 1.29 is 4.79 Å². The minimum atomic E-state index is 0.00227. The van der Waals surface area contributed by atoms with Gasteiger partial charge in [0.05, 0.1) is 0 Å². The van der Waals surface area contributed by atoms with Gasteiger partial charge >= 0.3 is 6.03 Å². The molecule has 2 atom stereocenters. The van der Waals surface area contributed by atoms with E-state index in [-0.39, 0.29) is 6.03 Å². The zero-order valence-corrected chi connectivity index (χ0v) is 10.2. The van der Waals surface area contributed by atoms with E-state index in [1.54, 1.807) is 0 Å². The van der Waals surface area contributed by atoms with Crippen LogP contribution in [0.5, 0.6) is 0 Å².